The van der Waals surface area contributed by atoms with Crippen molar-refractivity contribution in [2.45, 2.75) is 25.7 Å². The normalized spacial score (nSPS) is 13.3. The van der Waals surface area contributed by atoms with Gasteiger partial charge in [0.2, 0.25) is 0 Å². The minimum atomic E-state index is -0.255. The maximum atomic E-state index is 12.4. The van der Waals surface area contributed by atoms with Gasteiger partial charge in [-0.15, -0.1) is 11.3 Å². The van der Waals surface area contributed by atoms with E-state index in [0.717, 1.165) is 24.1 Å². The molecule has 6 heteroatoms. The van der Waals surface area contributed by atoms with E-state index in [4.69, 9.17) is 23.2 Å². The Hall–Kier alpha value is -1.88. The summed E-state index contributed by atoms with van der Waals surface area (Å²) in [5.41, 5.74) is 5.29. The van der Waals surface area contributed by atoms with Gasteiger partial charge in [0.15, 0.2) is 5.13 Å². The lowest BCUT2D eigenvalue weighted by molar-refractivity contribution is 0.102. The molecule has 1 aliphatic rings. The second-order valence-electron chi connectivity index (χ2n) is 6.31. The van der Waals surface area contributed by atoms with E-state index in [-0.39, 0.29) is 5.91 Å². The molecule has 0 fully saturated rings. The van der Waals surface area contributed by atoms with Crippen LogP contribution in [0.2, 0.25) is 10.0 Å². The highest BCUT2D eigenvalue weighted by molar-refractivity contribution is 7.14. The van der Waals surface area contributed by atoms with E-state index in [2.05, 4.69) is 28.5 Å². The highest BCUT2D eigenvalue weighted by atomic mass is 35.5. The summed E-state index contributed by atoms with van der Waals surface area (Å²) in [5.74, 6) is -0.255. The van der Waals surface area contributed by atoms with Gasteiger partial charge in [0.1, 0.15) is 0 Å². The number of halogens is 2. The number of benzene rings is 2. The Kier molecular flexibility index (Phi) is 4.98. The van der Waals surface area contributed by atoms with E-state index in [9.17, 15) is 4.79 Å². The summed E-state index contributed by atoms with van der Waals surface area (Å²) >= 11 is 13.3. The molecule has 0 aliphatic heterocycles. The topological polar surface area (TPSA) is 42.0 Å². The van der Waals surface area contributed by atoms with E-state index >= 15 is 0 Å². The number of aromatic nitrogens is 1. The molecule has 4 rings (SSSR count). The van der Waals surface area contributed by atoms with Gasteiger partial charge >= 0.3 is 0 Å². The molecule has 0 spiro atoms. The average Bonchev–Trinajstić information content (AvgIpc) is 3.12. The van der Waals surface area contributed by atoms with Gasteiger partial charge in [-0.3, -0.25) is 10.1 Å². The molecule has 26 heavy (non-hydrogen) atoms. The van der Waals surface area contributed by atoms with Crippen LogP contribution in [0.25, 0.3) is 11.3 Å². The van der Waals surface area contributed by atoms with Gasteiger partial charge in [0.25, 0.3) is 5.91 Å². The zero-order valence-corrected chi connectivity index (χ0v) is 16.2. The van der Waals surface area contributed by atoms with Crippen molar-refractivity contribution < 1.29 is 4.79 Å². The molecule has 132 valence electrons. The molecule has 1 heterocycles. The molecule has 0 radical (unpaired) electrons. The summed E-state index contributed by atoms with van der Waals surface area (Å²) in [7, 11) is 0. The van der Waals surface area contributed by atoms with Crippen molar-refractivity contribution in [3.63, 3.8) is 0 Å². The summed E-state index contributed by atoms with van der Waals surface area (Å²) in [6.45, 7) is 0. The standard InChI is InChI=1S/C20H16Cl2N2OS/c21-16-8-7-15(10-17(16)22)19(25)24-20-23-18(11-26-20)14-6-5-12-3-1-2-4-13(12)9-14/h5-11H,1-4H2,(H,23,24,25). The predicted octanol–water partition coefficient (Wildman–Crippen LogP) is 6.25. The lowest BCUT2D eigenvalue weighted by atomic mass is 9.90. The quantitative estimate of drug-likeness (QED) is 0.562. The fraction of sp³-hybridized carbons (Fsp3) is 0.200. The SMILES string of the molecule is O=C(Nc1nc(-c2ccc3c(c2)CCCC3)cs1)c1ccc(Cl)c(Cl)c1. The molecule has 0 unspecified atom stereocenters. The van der Waals surface area contributed by atoms with Crippen molar-refractivity contribution in [3.05, 3.63) is 68.5 Å². The molecule has 3 aromatic rings. The van der Waals surface area contributed by atoms with Gasteiger partial charge in [-0.2, -0.15) is 0 Å². The van der Waals surface area contributed by atoms with Crippen LogP contribution in [-0.2, 0) is 12.8 Å². The summed E-state index contributed by atoms with van der Waals surface area (Å²) < 4.78 is 0. The van der Waals surface area contributed by atoms with Crippen molar-refractivity contribution in [2.75, 3.05) is 5.32 Å². The van der Waals surface area contributed by atoms with E-state index in [1.54, 1.807) is 18.2 Å². The molecule has 0 bridgehead atoms. The second kappa shape index (κ2) is 7.39. The number of aryl methyl sites for hydroxylation is 2. The minimum absolute atomic E-state index is 0.255. The number of nitrogens with one attached hydrogen (secondary N) is 1. The van der Waals surface area contributed by atoms with Crippen LogP contribution in [0, 0.1) is 0 Å². The number of thiazole rings is 1. The fourth-order valence-electron chi connectivity index (χ4n) is 3.16. The van der Waals surface area contributed by atoms with Crippen molar-refractivity contribution in [1.29, 1.82) is 0 Å². The maximum absolute atomic E-state index is 12.4. The Morgan fingerprint density at radius 2 is 1.81 bits per heavy atom. The zero-order chi connectivity index (χ0) is 18.1. The number of nitrogens with zero attached hydrogens (tertiary/aromatic N) is 1. The van der Waals surface area contributed by atoms with Crippen LogP contribution < -0.4 is 5.32 Å². The molecular formula is C20H16Cl2N2OS. The molecule has 2 aromatic carbocycles. The molecule has 3 nitrogen and oxygen atoms in total. The third-order valence-electron chi connectivity index (χ3n) is 4.55. The number of rotatable bonds is 3. The zero-order valence-electron chi connectivity index (χ0n) is 13.9. The third kappa shape index (κ3) is 3.63. The van der Waals surface area contributed by atoms with Crippen LogP contribution in [0.4, 0.5) is 5.13 Å². The predicted molar refractivity (Wildman–Crippen MR) is 109 cm³/mol. The highest BCUT2D eigenvalue weighted by Crippen LogP contribution is 2.30. The highest BCUT2D eigenvalue weighted by Gasteiger charge is 2.14. The Bertz CT molecular complexity index is 984. The number of carbonyl (C=O) groups excluding carboxylic acids is 1. The summed E-state index contributed by atoms with van der Waals surface area (Å²) in [5, 5.41) is 6.13. The van der Waals surface area contributed by atoms with E-state index in [1.807, 2.05) is 5.38 Å². The largest absolute Gasteiger partial charge is 0.298 e. The minimum Gasteiger partial charge on any atom is -0.298 e. The summed E-state index contributed by atoms with van der Waals surface area (Å²) in [4.78, 5) is 16.9. The Balaban J connectivity index is 1.52. The monoisotopic (exact) mass is 402 g/mol. The molecule has 0 saturated heterocycles. The van der Waals surface area contributed by atoms with Crippen LogP contribution in [0.15, 0.2) is 41.8 Å². The van der Waals surface area contributed by atoms with Gasteiger partial charge in [-0.1, -0.05) is 35.3 Å². The van der Waals surface area contributed by atoms with Gasteiger partial charge in [0.05, 0.1) is 15.7 Å². The number of amides is 1. The van der Waals surface area contributed by atoms with Crippen LogP contribution in [-0.4, -0.2) is 10.9 Å². The Labute approximate surface area is 166 Å². The fourth-order valence-corrected chi connectivity index (χ4v) is 4.18. The van der Waals surface area contributed by atoms with Crippen molar-refractivity contribution in [2.24, 2.45) is 0 Å². The van der Waals surface area contributed by atoms with Gasteiger partial charge in [0, 0.05) is 16.5 Å². The second-order valence-corrected chi connectivity index (χ2v) is 7.98. The van der Waals surface area contributed by atoms with Crippen LogP contribution in [0.3, 0.4) is 0 Å². The molecule has 1 amide bonds. The van der Waals surface area contributed by atoms with Gasteiger partial charge < -0.3 is 0 Å². The number of hydrogen-bond donors (Lipinski definition) is 1. The van der Waals surface area contributed by atoms with Crippen molar-refractivity contribution in [3.8, 4) is 11.3 Å². The van der Waals surface area contributed by atoms with Gasteiger partial charge in [-0.05, 0) is 61.1 Å². The average molecular weight is 403 g/mol. The lowest BCUT2D eigenvalue weighted by Gasteiger charge is -2.16. The lowest BCUT2D eigenvalue weighted by Crippen LogP contribution is -2.11. The molecule has 1 N–H and O–H groups in total. The molecule has 1 aromatic heterocycles. The number of carbonyl (C=O) groups is 1. The number of fused-ring (bicyclic) bond motifs is 1. The Morgan fingerprint density at radius 1 is 1.00 bits per heavy atom. The van der Waals surface area contributed by atoms with E-state index < -0.39 is 0 Å². The first-order chi connectivity index (χ1) is 12.6. The van der Waals surface area contributed by atoms with Gasteiger partial charge in [-0.25, -0.2) is 4.98 Å². The smallest absolute Gasteiger partial charge is 0.257 e. The first-order valence-corrected chi connectivity index (χ1v) is 10.1. The van der Waals surface area contributed by atoms with Crippen LogP contribution in [0.5, 0.6) is 0 Å². The first-order valence-electron chi connectivity index (χ1n) is 8.44. The first kappa shape index (κ1) is 17.5. The summed E-state index contributed by atoms with van der Waals surface area (Å²) in [6.07, 6.45) is 4.82. The molecule has 0 atom stereocenters. The van der Waals surface area contributed by atoms with Crippen LogP contribution in [0.1, 0.15) is 34.3 Å². The van der Waals surface area contributed by atoms with Crippen LogP contribution >= 0.6 is 34.5 Å². The molecule has 0 saturated carbocycles. The van der Waals surface area contributed by atoms with E-state index in [1.165, 1.54) is 35.3 Å². The molecular weight excluding hydrogens is 387 g/mol. The molecule has 1 aliphatic carbocycles. The van der Waals surface area contributed by atoms with Crippen molar-refractivity contribution >= 4 is 45.6 Å². The van der Waals surface area contributed by atoms with Crippen molar-refractivity contribution in [1.82, 2.24) is 4.98 Å². The number of hydrogen-bond acceptors (Lipinski definition) is 3. The van der Waals surface area contributed by atoms with E-state index in [0.29, 0.717) is 20.7 Å². The third-order valence-corrected chi connectivity index (χ3v) is 6.05. The Morgan fingerprint density at radius 3 is 2.62 bits per heavy atom. The number of anilines is 1. The summed E-state index contributed by atoms with van der Waals surface area (Å²) in [6, 6.07) is 11.4. The maximum Gasteiger partial charge on any atom is 0.257 e.